The Balaban J connectivity index is 2.02. The van der Waals surface area contributed by atoms with E-state index in [0.717, 1.165) is 5.56 Å². The molecule has 1 aromatic carbocycles. The Kier molecular flexibility index (Phi) is 4.11. The van der Waals surface area contributed by atoms with E-state index in [9.17, 15) is 9.90 Å². The van der Waals surface area contributed by atoms with E-state index >= 15 is 0 Å². The van der Waals surface area contributed by atoms with Gasteiger partial charge in [0.05, 0.1) is 19.0 Å². The number of aromatic nitrogens is 3. The highest BCUT2D eigenvalue weighted by Crippen LogP contribution is 2.31. The van der Waals surface area contributed by atoms with Crippen LogP contribution in [0.4, 0.5) is 10.6 Å². The van der Waals surface area contributed by atoms with Crippen LogP contribution in [0.2, 0.25) is 0 Å². The molecule has 2 aromatic heterocycles. The predicted octanol–water partition coefficient (Wildman–Crippen LogP) is 2.16. The maximum Gasteiger partial charge on any atom is 0.320 e. The van der Waals surface area contributed by atoms with E-state index in [-0.39, 0.29) is 11.8 Å². The van der Waals surface area contributed by atoms with Gasteiger partial charge in [-0.05, 0) is 30.3 Å². The number of ether oxygens (including phenoxy) is 1. The number of fused-ring (bicyclic) bond motifs is 1. The molecule has 122 valence electrons. The van der Waals surface area contributed by atoms with E-state index in [1.54, 1.807) is 24.3 Å². The third-order valence-electron chi connectivity index (χ3n) is 3.35. The summed E-state index contributed by atoms with van der Waals surface area (Å²) in [5.41, 5.74) is 2.41. The van der Waals surface area contributed by atoms with E-state index in [2.05, 4.69) is 25.6 Å². The zero-order chi connectivity index (χ0) is 17.1. The Bertz CT molecular complexity index is 913. The first-order valence-corrected chi connectivity index (χ1v) is 7.10. The molecule has 2 heterocycles. The molecule has 8 nitrogen and oxygen atoms in total. The Morgan fingerprint density at radius 3 is 2.79 bits per heavy atom. The van der Waals surface area contributed by atoms with Crippen molar-refractivity contribution in [2.24, 2.45) is 0 Å². The van der Waals surface area contributed by atoms with E-state index in [1.165, 1.54) is 26.4 Å². The molecule has 8 heteroatoms. The second kappa shape index (κ2) is 6.37. The van der Waals surface area contributed by atoms with Gasteiger partial charge >= 0.3 is 6.03 Å². The van der Waals surface area contributed by atoms with Gasteiger partial charge in [0.2, 0.25) is 0 Å². The van der Waals surface area contributed by atoms with Gasteiger partial charge < -0.3 is 15.2 Å². The summed E-state index contributed by atoms with van der Waals surface area (Å²) in [6, 6.07) is 8.15. The lowest BCUT2D eigenvalue weighted by Crippen LogP contribution is -2.25. The molecule has 0 bridgehead atoms. The summed E-state index contributed by atoms with van der Waals surface area (Å²) in [5.74, 6) is 0.712. The molecule has 0 fully saturated rings. The van der Waals surface area contributed by atoms with Crippen molar-refractivity contribution >= 4 is 23.0 Å². The first kappa shape index (κ1) is 15.5. The molecule has 0 aliphatic heterocycles. The molecule has 0 aliphatic carbocycles. The first-order chi connectivity index (χ1) is 11.6. The average molecular weight is 325 g/mol. The molecule has 0 atom stereocenters. The molecule has 3 aromatic rings. The molecule has 24 heavy (non-hydrogen) atoms. The molecule has 0 radical (unpaired) electrons. The number of carbonyl (C=O) groups excluding carboxylic acids is 1. The summed E-state index contributed by atoms with van der Waals surface area (Å²) in [5, 5.41) is 14.7. The van der Waals surface area contributed by atoms with Crippen LogP contribution in [0.3, 0.4) is 0 Å². The maximum absolute atomic E-state index is 11.4. The van der Waals surface area contributed by atoms with Crippen molar-refractivity contribution in [3.63, 3.8) is 0 Å². The number of methoxy groups -OCH3 is 1. The van der Waals surface area contributed by atoms with Crippen LogP contribution in [0.25, 0.3) is 22.4 Å². The number of anilines is 1. The van der Waals surface area contributed by atoms with Crippen molar-refractivity contribution in [1.29, 1.82) is 0 Å². The molecular weight excluding hydrogens is 310 g/mol. The number of carbonyl (C=O) groups is 1. The minimum atomic E-state index is -0.386. The normalized spacial score (nSPS) is 10.4. The number of nitrogens with one attached hydrogen (secondary N) is 2. The summed E-state index contributed by atoms with van der Waals surface area (Å²) in [4.78, 5) is 24.3. The second-order valence-corrected chi connectivity index (χ2v) is 4.89. The zero-order valence-electron chi connectivity index (χ0n) is 13.1. The van der Waals surface area contributed by atoms with Crippen molar-refractivity contribution in [2.75, 3.05) is 19.5 Å². The fourth-order valence-electron chi connectivity index (χ4n) is 2.13. The number of aromatic hydroxyl groups is 1. The second-order valence-electron chi connectivity index (χ2n) is 4.89. The van der Waals surface area contributed by atoms with Crippen LogP contribution in [0, 0.1) is 0 Å². The zero-order valence-corrected chi connectivity index (χ0v) is 13.1. The van der Waals surface area contributed by atoms with Crippen molar-refractivity contribution in [1.82, 2.24) is 20.3 Å². The van der Waals surface area contributed by atoms with Crippen molar-refractivity contribution in [3.05, 3.63) is 36.5 Å². The smallest absolute Gasteiger partial charge is 0.320 e. The number of phenolic OH excluding ortho intramolecular Hbond substituents is 1. The minimum absolute atomic E-state index is 0.0545. The van der Waals surface area contributed by atoms with Crippen LogP contribution in [0.5, 0.6) is 11.5 Å². The molecule has 0 unspecified atom stereocenters. The molecule has 0 spiro atoms. The molecule has 0 aliphatic rings. The number of hydrogen-bond donors (Lipinski definition) is 3. The van der Waals surface area contributed by atoms with E-state index in [4.69, 9.17) is 4.74 Å². The van der Waals surface area contributed by atoms with E-state index < -0.39 is 0 Å². The van der Waals surface area contributed by atoms with Gasteiger partial charge in [-0.15, -0.1) is 0 Å². The fourth-order valence-corrected chi connectivity index (χ4v) is 2.13. The molecular formula is C16H15N5O3. The number of phenols is 1. The minimum Gasteiger partial charge on any atom is -0.504 e. The number of amides is 2. The standard InChI is InChI=1S/C16H15N5O3/c1-17-16(23)21-14-8-18-11-5-4-10(19-15(11)20-14)9-3-6-12(22)13(7-9)24-2/h3-8,22H,1-2H3,(H2,17,19,20,21,23). The molecule has 0 saturated heterocycles. The van der Waals surface area contributed by atoms with E-state index in [0.29, 0.717) is 28.4 Å². The van der Waals surface area contributed by atoms with Gasteiger partial charge in [0.1, 0.15) is 5.52 Å². The lowest BCUT2D eigenvalue weighted by atomic mass is 10.1. The third kappa shape index (κ3) is 3.02. The number of benzene rings is 1. The van der Waals surface area contributed by atoms with Crippen LogP contribution >= 0.6 is 0 Å². The summed E-state index contributed by atoms with van der Waals surface area (Å²) >= 11 is 0. The van der Waals surface area contributed by atoms with Crippen LogP contribution in [0.15, 0.2) is 36.5 Å². The number of urea groups is 1. The highest BCUT2D eigenvalue weighted by Gasteiger charge is 2.09. The topological polar surface area (TPSA) is 109 Å². The molecule has 3 rings (SSSR count). The Hall–Kier alpha value is -3.42. The monoisotopic (exact) mass is 325 g/mol. The predicted molar refractivity (Wildman–Crippen MR) is 89.1 cm³/mol. The van der Waals surface area contributed by atoms with Gasteiger partial charge in [0.15, 0.2) is 23.0 Å². The van der Waals surface area contributed by atoms with Gasteiger partial charge in [-0.2, -0.15) is 0 Å². The quantitative estimate of drug-likeness (QED) is 0.681. The van der Waals surface area contributed by atoms with Crippen LogP contribution < -0.4 is 15.4 Å². The summed E-state index contributed by atoms with van der Waals surface area (Å²) in [7, 11) is 2.99. The number of rotatable bonds is 3. The molecule has 0 saturated carbocycles. The summed E-state index contributed by atoms with van der Waals surface area (Å²) in [6.07, 6.45) is 1.46. The maximum atomic E-state index is 11.4. The highest BCUT2D eigenvalue weighted by molar-refractivity contribution is 5.88. The highest BCUT2D eigenvalue weighted by atomic mass is 16.5. The Morgan fingerprint density at radius 2 is 2.04 bits per heavy atom. The van der Waals surface area contributed by atoms with Gasteiger partial charge in [0, 0.05) is 12.6 Å². The van der Waals surface area contributed by atoms with Crippen LogP contribution in [-0.2, 0) is 0 Å². The number of nitrogens with zero attached hydrogens (tertiary/aromatic N) is 3. The SMILES string of the molecule is CNC(=O)Nc1cnc2ccc(-c3ccc(O)c(OC)c3)nc2n1. The molecule has 2 amide bonds. The van der Waals surface area contributed by atoms with Gasteiger partial charge in [0.25, 0.3) is 0 Å². The Morgan fingerprint density at radius 1 is 1.21 bits per heavy atom. The van der Waals surface area contributed by atoms with Gasteiger partial charge in [-0.3, -0.25) is 5.32 Å². The fraction of sp³-hybridized carbons (Fsp3) is 0.125. The first-order valence-electron chi connectivity index (χ1n) is 7.10. The van der Waals surface area contributed by atoms with Crippen LogP contribution in [-0.4, -0.2) is 40.2 Å². The summed E-state index contributed by atoms with van der Waals surface area (Å²) < 4.78 is 5.11. The third-order valence-corrected chi connectivity index (χ3v) is 3.35. The van der Waals surface area contributed by atoms with Crippen molar-refractivity contribution in [2.45, 2.75) is 0 Å². The summed E-state index contributed by atoms with van der Waals surface area (Å²) in [6.45, 7) is 0. The van der Waals surface area contributed by atoms with Gasteiger partial charge in [-0.1, -0.05) is 0 Å². The van der Waals surface area contributed by atoms with Gasteiger partial charge in [-0.25, -0.2) is 19.7 Å². The lowest BCUT2D eigenvalue weighted by molar-refractivity contribution is 0.254. The van der Waals surface area contributed by atoms with E-state index in [1.807, 2.05) is 0 Å². The number of pyridine rings is 1. The largest absolute Gasteiger partial charge is 0.504 e. The molecule has 3 N–H and O–H groups in total. The van der Waals surface area contributed by atoms with Crippen LogP contribution in [0.1, 0.15) is 0 Å². The average Bonchev–Trinajstić information content (AvgIpc) is 2.61. The van der Waals surface area contributed by atoms with Crippen molar-refractivity contribution in [3.8, 4) is 22.8 Å². The van der Waals surface area contributed by atoms with Crippen molar-refractivity contribution < 1.29 is 14.6 Å². The lowest BCUT2D eigenvalue weighted by Gasteiger charge is -2.08. The number of hydrogen-bond acceptors (Lipinski definition) is 6. The Labute approximate surface area is 137 Å².